The molecule has 3 atom stereocenters. The molecule has 0 spiro atoms. The van der Waals surface area contributed by atoms with E-state index in [1.165, 1.54) is 4.90 Å². The van der Waals surface area contributed by atoms with Crippen LogP contribution in [0, 0.1) is 28.2 Å². The summed E-state index contributed by atoms with van der Waals surface area (Å²) in [5, 5.41) is 23.7. The van der Waals surface area contributed by atoms with Crippen LogP contribution >= 0.6 is 0 Å². The summed E-state index contributed by atoms with van der Waals surface area (Å²) in [5.74, 6) is 7.59. The number of benzene rings is 1. The van der Waals surface area contributed by atoms with Crippen molar-refractivity contribution < 1.29 is 109 Å². The predicted molar refractivity (Wildman–Crippen MR) is 165 cm³/mol. The van der Waals surface area contributed by atoms with E-state index in [1.54, 1.807) is 34.1 Å². The Labute approximate surface area is 328 Å². The van der Waals surface area contributed by atoms with Crippen LogP contribution in [0.2, 0.25) is 0 Å². The predicted octanol–water partition coefficient (Wildman–Crippen LogP) is -3.13. The minimum atomic E-state index is -0.616. The maximum absolute atomic E-state index is 11.8. The number of carbonyl (C=O) groups is 2. The summed E-state index contributed by atoms with van der Waals surface area (Å²) < 4.78 is 25.0. The zero-order valence-electron chi connectivity index (χ0n) is 26.9. The van der Waals surface area contributed by atoms with Gasteiger partial charge < -0.3 is 65.8 Å². The first kappa shape index (κ1) is 51.3. The second-order valence-corrected chi connectivity index (χ2v) is 9.31. The van der Waals surface area contributed by atoms with Crippen LogP contribution < -0.4 is 33.8 Å². The molecule has 2 aliphatic heterocycles. The Morgan fingerprint density at radius 2 is 1.23 bits per heavy atom. The Bertz CT molecular complexity index is 854. The second-order valence-electron chi connectivity index (χ2n) is 9.31. The third kappa shape index (κ3) is 24.7. The largest absolute Gasteiger partial charge is 0.451 e. The summed E-state index contributed by atoms with van der Waals surface area (Å²) in [6.07, 6.45) is -1.18. The number of fused-ring (bicyclic) bond motifs is 1. The van der Waals surface area contributed by atoms with Crippen molar-refractivity contribution in [2.24, 2.45) is 23.2 Å². The fraction of sp³-hybridized carbons (Fsp3) is 0.556. The van der Waals surface area contributed by atoms with Crippen LogP contribution in [0.5, 0.6) is 0 Å². The summed E-state index contributed by atoms with van der Waals surface area (Å²) in [6.45, 7) is 3.63. The molecule has 0 saturated carbocycles. The normalized spacial score (nSPS) is 15.6. The van der Waals surface area contributed by atoms with E-state index < -0.39 is 12.2 Å². The van der Waals surface area contributed by atoms with E-state index in [0.717, 1.165) is 0 Å². The number of nitrogens with zero attached hydrogens (tertiary/aromatic N) is 3. The van der Waals surface area contributed by atoms with Gasteiger partial charge in [-0.25, -0.2) is 0 Å². The molecule has 18 nitrogen and oxygen atoms in total. The molecule has 12 N–H and O–H groups in total. The molecule has 2 heterocycles. The maximum atomic E-state index is 11.8. The number of epoxide rings is 1. The zero-order valence-corrected chi connectivity index (χ0v) is 32.6. The minimum absolute atomic E-state index is 0. The Morgan fingerprint density at radius 1 is 0.851 bits per heavy atom. The minimum Gasteiger partial charge on any atom is -0.451 e. The SMILES string of the molecule is NN.O=C1c2ccccc2C(=O)N1CC1CO1.[CH2-]N(COCOCN([CH2-])CC(O)CN)CC(O)CN.[CH2-]NCOCOCN[CH2-].[Y].[Y]. The van der Waals surface area contributed by atoms with Crippen molar-refractivity contribution in [2.45, 2.75) is 18.3 Å². The number of aliphatic hydroxyl groups is 2. The van der Waals surface area contributed by atoms with Crippen molar-refractivity contribution >= 4 is 11.8 Å². The van der Waals surface area contributed by atoms with Crippen LogP contribution in [0.25, 0.3) is 0 Å². The van der Waals surface area contributed by atoms with Gasteiger partial charge in [-0.1, -0.05) is 12.1 Å². The first-order valence-electron chi connectivity index (χ1n) is 13.8. The number of carbonyl (C=O) groups excluding carboxylic acids is 2. The molecule has 2 radical (unpaired) electrons. The Morgan fingerprint density at radius 3 is 1.57 bits per heavy atom. The van der Waals surface area contributed by atoms with Gasteiger partial charge in [-0.15, -0.1) is 0 Å². The summed E-state index contributed by atoms with van der Waals surface area (Å²) >= 11 is 0. The quantitative estimate of drug-likeness (QED) is 0.0123. The van der Waals surface area contributed by atoms with E-state index in [9.17, 15) is 19.8 Å². The number of hydrazine groups is 1. The van der Waals surface area contributed by atoms with Crippen LogP contribution in [0.15, 0.2) is 24.3 Å². The van der Waals surface area contributed by atoms with Gasteiger partial charge in [0.05, 0.1) is 69.5 Å². The van der Waals surface area contributed by atoms with Gasteiger partial charge in [-0.3, -0.25) is 54.4 Å². The van der Waals surface area contributed by atoms with Gasteiger partial charge in [-0.05, 0) is 25.2 Å². The third-order valence-corrected chi connectivity index (χ3v) is 5.44. The molecule has 268 valence electrons. The molecule has 0 aromatic heterocycles. The van der Waals surface area contributed by atoms with Gasteiger partial charge in [0, 0.05) is 78.5 Å². The van der Waals surface area contributed by atoms with Gasteiger partial charge in [0.15, 0.2) is 0 Å². The number of nitrogens with one attached hydrogen (secondary N) is 2. The number of nitrogens with two attached hydrogens (primary N) is 4. The Hall–Kier alpha value is -0.0322. The zero-order chi connectivity index (χ0) is 34.0. The average Bonchev–Trinajstić information content (AvgIpc) is 3.85. The molecule has 1 aromatic rings. The van der Waals surface area contributed by atoms with E-state index in [1.807, 2.05) is 0 Å². The van der Waals surface area contributed by atoms with Crippen LogP contribution in [0.1, 0.15) is 20.7 Å². The summed E-state index contributed by atoms with van der Waals surface area (Å²) in [5.41, 5.74) is 11.5. The number of amides is 2. The summed E-state index contributed by atoms with van der Waals surface area (Å²) in [4.78, 5) is 28.0. The molecule has 1 saturated heterocycles. The molecule has 47 heavy (non-hydrogen) atoms. The molecule has 2 aliphatic rings. The fourth-order valence-corrected chi connectivity index (χ4v) is 3.31. The van der Waals surface area contributed by atoms with Gasteiger partial charge >= 0.3 is 0 Å². The van der Waals surface area contributed by atoms with Gasteiger partial charge in [-0.2, -0.15) is 0 Å². The standard InChI is InChI=1S/C11H26N4O4.C11H9NO3.C5H12N2O2.H4N2.2Y/c1-14(5-10(16)3-12)7-18-9-19-8-15(2)6-11(17)4-13;13-10-8-3-1-2-4-9(8)11(14)12(10)5-7-6-15-7;1-6-3-8-5-9-4-7-2;1-2;;/h10-11,16-17H,1-9,12-13H2;1-4,7H,5-6H2;6-7H,1-5H2;1-2H2;;/q-2;;-2;;;. The first-order valence-corrected chi connectivity index (χ1v) is 13.8. The Balaban J connectivity index is -0.000000619. The number of imide groups is 1. The van der Waals surface area contributed by atoms with Crippen molar-refractivity contribution in [2.75, 3.05) is 79.8 Å². The topological polar surface area (TPSA) is 262 Å². The Kier molecular flexibility index (Phi) is 36.2. The molecule has 1 fully saturated rings. The first-order chi connectivity index (χ1) is 21.7. The van der Waals surface area contributed by atoms with Crippen molar-refractivity contribution in [1.29, 1.82) is 0 Å². The molecule has 2 amide bonds. The average molecular weight is 824 g/mol. The maximum Gasteiger partial charge on any atom is 0.261 e. The third-order valence-electron chi connectivity index (χ3n) is 5.44. The number of hydrogen-bond acceptors (Lipinski definition) is 17. The molecule has 0 bridgehead atoms. The van der Waals surface area contributed by atoms with E-state index in [2.05, 4.69) is 50.5 Å². The summed E-state index contributed by atoms with van der Waals surface area (Å²) in [6, 6.07) is 6.90. The van der Waals surface area contributed by atoms with Gasteiger partial charge in [0.2, 0.25) is 0 Å². The number of rotatable bonds is 20. The van der Waals surface area contributed by atoms with Crippen LogP contribution in [-0.2, 0) is 89.1 Å². The number of ether oxygens (including phenoxy) is 5. The van der Waals surface area contributed by atoms with E-state index in [0.29, 0.717) is 50.8 Å². The molecular weight excluding hydrogens is 772 g/mol. The number of aliphatic hydroxyl groups excluding tert-OH is 2. The van der Waals surface area contributed by atoms with Crippen molar-refractivity contribution in [3.8, 4) is 0 Å². The molecular formula is C27H51N9O9Y2-4. The van der Waals surface area contributed by atoms with Crippen molar-refractivity contribution in [3.63, 3.8) is 0 Å². The van der Waals surface area contributed by atoms with Crippen molar-refractivity contribution in [1.82, 2.24) is 25.3 Å². The molecule has 0 aliphatic carbocycles. The molecule has 20 heteroatoms. The van der Waals surface area contributed by atoms with Crippen LogP contribution in [0.3, 0.4) is 0 Å². The van der Waals surface area contributed by atoms with Crippen LogP contribution in [0.4, 0.5) is 0 Å². The van der Waals surface area contributed by atoms with Gasteiger partial charge in [0.25, 0.3) is 11.8 Å². The molecule has 3 rings (SSSR count). The summed E-state index contributed by atoms with van der Waals surface area (Å²) in [7, 11) is 14.0. The van der Waals surface area contributed by atoms with Crippen molar-refractivity contribution in [3.05, 3.63) is 63.6 Å². The smallest absolute Gasteiger partial charge is 0.261 e. The monoisotopic (exact) mass is 823 g/mol. The second kappa shape index (κ2) is 33.1. The molecule has 3 unspecified atom stereocenters. The van der Waals surface area contributed by atoms with E-state index in [4.69, 9.17) is 35.2 Å². The fourth-order valence-electron chi connectivity index (χ4n) is 3.31. The molecule has 1 aromatic carbocycles. The number of hydrogen-bond donors (Lipinski definition) is 8. The van der Waals surface area contributed by atoms with Crippen LogP contribution in [-0.4, -0.2) is 135 Å². The van der Waals surface area contributed by atoms with Gasteiger partial charge in [0.1, 0.15) is 13.6 Å². The van der Waals surface area contributed by atoms with E-state index in [-0.39, 0.29) is 123 Å². The van der Waals surface area contributed by atoms with E-state index >= 15 is 0 Å².